The molecule has 1 heterocycles. The average molecular weight is 354 g/mol. The monoisotopic (exact) mass is 354 g/mol. The van der Waals surface area contributed by atoms with Gasteiger partial charge in [0.2, 0.25) is 5.82 Å². The van der Waals surface area contributed by atoms with Gasteiger partial charge >= 0.3 is 0 Å². The van der Waals surface area contributed by atoms with E-state index in [0.29, 0.717) is 31.1 Å². The van der Waals surface area contributed by atoms with Crippen molar-refractivity contribution >= 4 is 5.91 Å². The van der Waals surface area contributed by atoms with Crippen LogP contribution in [0.15, 0.2) is 54.6 Å². The van der Waals surface area contributed by atoms with E-state index in [2.05, 4.69) is 15.4 Å². The van der Waals surface area contributed by atoms with Crippen LogP contribution in [-0.2, 0) is 4.74 Å². The first-order valence-electron chi connectivity index (χ1n) is 8.24. The van der Waals surface area contributed by atoms with Crippen LogP contribution in [0.5, 0.6) is 0 Å². The smallest absolute Gasteiger partial charge is 0.290 e. The van der Waals surface area contributed by atoms with E-state index in [4.69, 9.17) is 4.74 Å². The van der Waals surface area contributed by atoms with Crippen molar-refractivity contribution in [2.24, 2.45) is 0 Å². The second kappa shape index (κ2) is 8.35. The summed E-state index contributed by atoms with van der Waals surface area (Å²) in [7, 11) is 1.61. The van der Waals surface area contributed by atoms with Crippen molar-refractivity contribution in [2.75, 3.05) is 20.3 Å². The molecule has 0 aliphatic rings. The van der Waals surface area contributed by atoms with E-state index in [1.54, 1.807) is 23.9 Å². The molecule has 6 nitrogen and oxygen atoms in total. The molecular weight excluding hydrogens is 335 g/mol. The Kier molecular flexibility index (Phi) is 5.70. The van der Waals surface area contributed by atoms with Gasteiger partial charge in [-0.15, -0.1) is 5.10 Å². The molecule has 0 bridgehead atoms. The number of nitrogens with zero attached hydrogens (tertiary/aromatic N) is 3. The van der Waals surface area contributed by atoms with Crippen LogP contribution in [0, 0.1) is 5.82 Å². The van der Waals surface area contributed by atoms with Crippen molar-refractivity contribution in [2.45, 2.75) is 6.42 Å². The summed E-state index contributed by atoms with van der Waals surface area (Å²) >= 11 is 0. The van der Waals surface area contributed by atoms with Crippen molar-refractivity contribution in [3.05, 3.63) is 66.2 Å². The van der Waals surface area contributed by atoms with Gasteiger partial charge in [-0.25, -0.2) is 14.1 Å². The molecule has 7 heteroatoms. The summed E-state index contributed by atoms with van der Waals surface area (Å²) < 4.78 is 19.7. The lowest BCUT2D eigenvalue weighted by molar-refractivity contribution is 0.0938. The van der Waals surface area contributed by atoms with Crippen molar-refractivity contribution in [3.63, 3.8) is 0 Å². The Morgan fingerprint density at radius 2 is 1.88 bits per heavy atom. The zero-order valence-corrected chi connectivity index (χ0v) is 14.4. The van der Waals surface area contributed by atoms with E-state index < -0.39 is 0 Å². The van der Waals surface area contributed by atoms with E-state index >= 15 is 0 Å². The molecule has 0 aliphatic carbocycles. The number of benzene rings is 2. The van der Waals surface area contributed by atoms with Gasteiger partial charge in [-0.2, -0.15) is 0 Å². The van der Waals surface area contributed by atoms with Gasteiger partial charge in [0.05, 0.1) is 5.69 Å². The molecule has 0 radical (unpaired) electrons. The average Bonchev–Trinajstić information content (AvgIpc) is 3.12. The summed E-state index contributed by atoms with van der Waals surface area (Å²) in [6, 6.07) is 15.3. The standard InChI is InChI=1S/C19H19FN4O2/c1-26-13-5-12-21-19(25)17-22-18(14-6-3-2-4-7-14)24(23-17)16-10-8-15(20)9-11-16/h2-4,6-11H,5,12-13H2,1H3,(H,21,25). The predicted molar refractivity (Wildman–Crippen MR) is 95.6 cm³/mol. The SMILES string of the molecule is COCCCNC(=O)c1nc(-c2ccccc2)n(-c2ccc(F)cc2)n1. The number of halogens is 1. The summed E-state index contributed by atoms with van der Waals surface area (Å²) in [5, 5.41) is 7.09. The molecule has 0 saturated carbocycles. The number of hydrogen-bond acceptors (Lipinski definition) is 4. The quantitative estimate of drug-likeness (QED) is 0.663. The molecule has 3 rings (SSSR count). The van der Waals surface area contributed by atoms with Crippen LogP contribution in [0.3, 0.4) is 0 Å². The van der Waals surface area contributed by atoms with Crippen LogP contribution < -0.4 is 5.32 Å². The van der Waals surface area contributed by atoms with E-state index in [-0.39, 0.29) is 17.5 Å². The highest BCUT2D eigenvalue weighted by Gasteiger charge is 2.18. The van der Waals surface area contributed by atoms with Crippen molar-refractivity contribution in [1.82, 2.24) is 20.1 Å². The third-order valence-corrected chi connectivity index (χ3v) is 3.72. The Labute approximate surface area is 150 Å². The van der Waals surface area contributed by atoms with Crippen LogP contribution in [0.25, 0.3) is 17.1 Å². The first kappa shape index (κ1) is 17.8. The Bertz CT molecular complexity index is 863. The van der Waals surface area contributed by atoms with Crippen LogP contribution in [-0.4, -0.2) is 40.9 Å². The Morgan fingerprint density at radius 1 is 1.15 bits per heavy atom. The maximum absolute atomic E-state index is 13.2. The number of aromatic nitrogens is 3. The molecule has 2 aromatic carbocycles. The molecule has 1 aromatic heterocycles. The van der Waals surface area contributed by atoms with Gasteiger partial charge in [-0.3, -0.25) is 4.79 Å². The molecular formula is C19H19FN4O2. The van der Waals surface area contributed by atoms with E-state index in [1.165, 1.54) is 12.1 Å². The summed E-state index contributed by atoms with van der Waals surface area (Å²) in [4.78, 5) is 16.7. The van der Waals surface area contributed by atoms with Crippen LogP contribution in [0.4, 0.5) is 4.39 Å². The lowest BCUT2D eigenvalue weighted by Crippen LogP contribution is -2.26. The number of ether oxygens (including phenoxy) is 1. The Balaban J connectivity index is 1.93. The zero-order valence-electron chi connectivity index (χ0n) is 14.4. The van der Waals surface area contributed by atoms with Crippen LogP contribution in [0.2, 0.25) is 0 Å². The molecule has 1 N–H and O–H groups in total. The number of rotatable bonds is 7. The number of hydrogen-bond donors (Lipinski definition) is 1. The maximum Gasteiger partial charge on any atom is 0.290 e. The van der Waals surface area contributed by atoms with Crippen LogP contribution >= 0.6 is 0 Å². The fraction of sp³-hybridized carbons (Fsp3) is 0.211. The molecule has 3 aromatic rings. The number of amides is 1. The molecule has 26 heavy (non-hydrogen) atoms. The third kappa shape index (κ3) is 4.12. The van der Waals surface area contributed by atoms with Gasteiger partial charge in [-0.05, 0) is 30.7 Å². The summed E-state index contributed by atoms with van der Waals surface area (Å²) in [6.07, 6.45) is 0.701. The minimum atomic E-state index is -0.362. The van der Waals surface area contributed by atoms with E-state index in [0.717, 1.165) is 5.56 Å². The van der Waals surface area contributed by atoms with Gasteiger partial charge in [-0.1, -0.05) is 30.3 Å². The fourth-order valence-corrected chi connectivity index (χ4v) is 2.44. The molecule has 1 amide bonds. The minimum Gasteiger partial charge on any atom is -0.385 e. The lowest BCUT2D eigenvalue weighted by Gasteiger charge is -2.05. The van der Waals surface area contributed by atoms with E-state index in [9.17, 15) is 9.18 Å². The van der Waals surface area contributed by atoms with E-state index in [1.807, 2.05) is 30.3 Å². The van der Waals surface area contributed by atoms with Gasteiger partial charge in [0.1, 0.15) is 5.82 Å². The highest BCUT2D eigenvalue weighted by molar-refractivity contribution is 5.91. The number of carbonyl (C=O) groups is 1. The third-order valence-electron chi connectivity index (χ3n) is 3.72. The van der Waals surface area contributed by atoms with Gasteiger partial charge in [0.15, 0.2) is 5.82 Å². The van der Waals surface area contributed by atoms with Gasteiger partial charge in [0, 0.05) is 25.8 Å². The first-order chi connectivity index (χ1) is 12.7. The molecule has 0 aliphatic heterocycles. The fourth-order valence-electron chi connectivity index (χ4n) is 2.44. The topological polar surface area (TPSA) is 69.0 Å². The van der Waals surface area contributed by atoms with Crippen molar-refractivity contribution in [1.29, 1.82) is 0 Å². The summed E-state index contributed by atoms with van der Waals surface area (Å²) in [5.74, 6) is -0.129. The molecule has 0 unspecified atom stereocenters. The second-order valence-corrected chi connectivity index (χ2v) is 5.62. The molecule has 0 fully saturated rings. The number of carbonyl (C=O) groups excluding carboxylic acids is 1. The number of methoxy groups -OCH3 is 1. The molecule has 134 valence electrons. The Morgan fingerprint density at radius 3 is 2.58 bits per heavy atom. The summed E-state index contributed by atoms with van der Waals surface area (Å²) in [5.41, 5.74) is 1.43. The maximum atomic E-state index is 13.2. The molecule has 0 atom stereocenters. The number of nitrogens with one attached hydrogen (secondary N) is 1. The highest BCUT2D eigenvalue weighted by Crippen LogP contribution is 2.21. The minimum absolute atomic E-state index is 0.0607. The summed E-state index contributed by atoms with van der Waals surface area (Å²) in [6.45, 7) is 1.03. The van der Waals surface area contributed by atoms with Crippen molar-refractivity contribution in [3.8, 4) is 17.1 Å². The lowest BCUT2D eigenvalue weighted by atomic mass is 10.2. The highest BCUT2D eigenvalue weighted by atomic mass is 19.1. The predicted octanol–water partition coefficient (Wildman–Crippen LogP) is 2.84. The Hall–Kier alpha value is -3.06. The second-order valence-electron chi connectivity index (χ2n) is 5.62. The van der Waals surface area contributed by atoms with Gasteiger partial charge in [0.25, 0.3) is 5.91 Å². The van der Waals surface area contributed by atoms with Crippen LogP contribution in [0.1, 0.15) is 17.0 Å². The van der Waals surface area contributed by atoms with Gasteiger partial charge < -0.3 is 10.1 Å². The first-order valence-corrected chi connectivity index (χ1v) is 8.24. The normalized spacial score (nSPS) is 10.7. The molecule has 0 spiro atoms. The zero-order chi connectivity index (χ0) is 18.4. The molecule has 0 saturated heterocycles. The largest absolute Gasteiger partial charge is 0.385 e. The van der Waals surface area contributed by atoms with Crippen molar-refractivity contribution < 1.29 is 13.9 Å².